The molecule has 1 heterocycles. The molecule has 0 spiro atoms. The highest BCUT2D eigenvalue weighted by molar-refractivity contribution is 5.92. The molecule has 1 aromatic heterocycles. The molecule has 1 N–H and O–H groups in total. The van der Waals surface area contributed by atoms with Gasteiger partial charge >= 0.3 is 0 Å². The van der Waals surface area contributed by atoms with Crippen molar-refractivity contribution in [2.24, 2.45) is 0 Å². The Balaban J connectivity index is 2.12. The lowest BCUT2D eigenvalue weighted by Gasteiger charge is -2.02. The van der Waals surface area contributed by atoms with Crippen molar-refractivity contribution < 1.29 is 9.21 Å². The van der Waals surface area contributed by atoms with E-state index in [1.807, 2.05) is 36.4 Å². The molecule has 0 fully saturated rings. The van der Waals surface area contributed by atoms with Crippen LogP contribution in [0.25, 0.3) is 0 Å². The lowest BCUT2D eigenvalue weighted by molar-refractivity contribution is -0.115. The largest absolute Gasteiger partial charge is 0.444 e. The minimum atomic E-state index is -0.198. The van der Waals surface area contributed by atoms with Crippen LogP contribution in [-0.2, 0) is 11.2 Å². The summed E-state index contributed by atoms with van der Waals surface area (Å²) in [6.45, 7) is 3.56. The Morgan fingerprint density at radius 2 is 2.00 bits per heavy atom. The first-order valence-electron chi connectivity index (χ1n) is 5.95. The number of aryl methyl sites for hydroxylation is 1. The summed E-state index contributed by atoms with van der Waals surface area (Å²) in [5, 5.41) is 11.7. The molecule has 0 saturated heterocycles. The van der Waals surface area contributed by atoms with Crippen molar-refractivity contribution in [3.63, 3.8) is 0 Å². The maximum atomic E-state index is 11.9. The number of amides is 1. The van der Waals surface area contributed by atoms with E-state index in [9.17, 15) is 4.79 Å². The Kier molecular flexibility index (Phi) is 3.67. The van der Waals surface area contributed by atoms with Gasteiger partial charge in [0, 0.05) is 5.56 Å². The summed E-state index contributed by atoms with van der Waals surface area (Å²) in [6.07, 6.45) is 0.254. The van der Waals surface area contributed by atoms with Gasteiger partial charge in [-0.05, 0) is 19.4 Å². The van der Waals surface area contributed by atoms with Gasteiger partial charge in [-0.25, -0.2) is 0 Å². The average molecular weight is 254 g/mol. The smallest absolute Gasteiger partial charge is 0.231 e. The van der Waals surface area contributed by atoms with E-state index in [4.69, 9.17) is 9.68 Å². The van der Waals surface area contributed by atoms with E-state index in [-0.39, 0.29) is 18.2 Å². The van der Waals surface area contributed by atoms with Crippen LogP contribution in [0.15, 0.2) is 34.7 Å². The quantitative estimate of drug-likeness (QED) is 0.915. The predicted molar refractivity (Wildman–Crippen MR) is 71.7 cm³/mol. The lowest BCUT2D eigenvalue weighted by atomic mass is 10.1. The van der Waals surface area contributed by atoms with E-state index in [1.54, 1.807) is 13.8 Å². The fraction of sp³-hybridized carbons (Fsp3) is 0.200. The first kappa shape index (κ1) is 12.9. The molecule has 0 radical (unpaired) electrons. The highest BCUT2D eigenvalue weighted by Gasteiger charge is 2.16. The molecule has 0 aliphatic rings. The molecule has 0 aliphatic heterocycles. The van der Waals surface area contributed by atoms with Gasteiger partial charge in [0.15, 0.2) is 0 Å². The van der Waals surface area contributed by atoms with Crippen LogP contribution in [0.4, 0.5) is 5.88 Å². The third-order valence-corrected chi connectivity index (χ3v) is 2.96. The number of rotatable bonds is 3. The summed E-state index contributed by atoms with van der Waals surface area (Å²) in [5.41, 5.74) is 2.06. The van der Waals surface area contributed by atoms with Crippen molar-refractivity contribution in [1.29, 1.82) is 5.26 Å². The zero-order chi connectivity index (χ0) is 13.8. The Hall–Kier alpha value is -2.54. The van der Waals surface area contributed by atoms with Gasteiger partial charge in [0.25, 0.3) is 0 Å². The van der Waals surface area contributed by atoms with Crippen LogP contribution in [0, 0.1) is 25.2 Å². The number of carbonyl (C=O) groups is 1. The van der Waals surface area contributed by atoms with Crippen molar-refractivity contribution in [3.8, 4) is 6.07 Å². The van der Waals surface area contributed by atoms with Gasteiger partial charge in [0.1, 0.15) is 17.4 Å². The molecular weight excluding hydrogens is 240 g/mol. The first-order valence-corrected chi connectivity index (χ1v) is 5.95. The maximum absolute atomic E-state index is 11.9. The van der Waals surface area contributed by atoms with Crippen molar-refractivity contribution in [1.82, 2.24) is 0 Å². The minimum Gasteiger partial charge on any atom is -0.444 e. The number of furan rings is 1. The molecule has 2 aromatic rings. The van der Waals surface area contributed by atoms with Crippen LogP contribution in [0.5, 0.6) is 0 Å². The number of hydrogen-bond donors (Lipinski definition) is 1. The number of anilines is 1. The fourth-order valence-corrected chi connectivity index (χ4v) is 1.80. The number of hydrogen-bond acceptors (Lipinski definition) is 3. The van der Waals surface area contributed by atoms with Crippen LogP contribution >= 0.6 is 0 Å². The molecule has 1 aromatic carbocycles. The summed E-state index contributed by atoms with van der Waals surface area (Å²) in [5.74, 6) is 0.682. The van der Waals surface area contributed by atoms with Gasteiger partial charge in [-0.2, -0.15) is 5.26 Å². The second-order valence-corrected chi connectivity index (χ2v) is 4.31. The van der Waals surface area contributed by atoms with Gasteiger partial charge in [-0.1, -0.05) is 30.3 Å². The van der Waals surface area contributed by atoms with Crippen molar-refractivity contribution in [2.75, 3.05) is 5.32 Å². The van der Waals surface area contributed by atoms with Crippen LogP contribution in [0.1, 0.15) is 22.5 Å². The molecule has 0 atom stereocenters. The number of nitrogens with one attached hydrogen (secondary N) is 1. The van der Waals surface area contributed by atoms with Gasteiger partial charge in [-0.15, -0.1) is 0 Å². The molecule has 1 amide bonds. The van der Waals surface area contributed by atoms with Gasteiger partial charge in [0.2, 0.25) is 11.8 Å². The second kappa shape index (κ2) is 5.40. The normalized spacial score (nSPS) is 9.95. The number of carbonyl (C=O) groups excluding carboxylic acids is 1. The van der Waals surface area contributed by atoms with Crippen LogP contribution < -0.4 is 5.32 Å². The molecule has 0 bridgehead atoms. The number of benzene rings is 1. The molecule has 0 saturated carbocycles. The predicted octanol–water partition coefficient (Wildman–Crippen LogP) is 2.95. The Labute approximate surface area is 111 Å². The van der Waals surface area contributed by atoms with E-state index in [0.717, 1.165) is 11.1 Å². The zero-order valence-electron chi connectivity index (χ0n) is 10.9. The number of nitrogens with zero attached hydrogens (tertiary/aromatic N) is 1. The summed E-state index contributed by atoms with van der Waals surface area (Å²) >= 11 is 0. The van der Waals surface area contributed by atoms with Crippen LogP contribution in [0.3, 0.4) is 0 Å². The van der Waals surface area contributed by atoms with Gasteiger partial charge in [-0.3, -0.25) is 10.1 Å². The van der Waals surface area contributed by atoms with Crippen LogP contribution in [0.2, 0.25) is 0 Å². The van der Waals surface area contributed by atoms with E-state index in [0.29, 0.717) is 11.3 Å². The monoisotopic (exact) mass is 254 g/mol. The van der Waals surface area contributed by atoms with E-state index in [2.05, 4.69) is 5.32 Å². The Morgan fingerprint density at radius 1 is 1.32 bits per heavy atom. The van der Waals surface area contributed by atoms with Crippen molar-refractivity contribution in [3.05, 3.63) is 52.8 Å². The highest BCUT2D eigenvalue weighted by Crippen LogP contribution is 2.25. The topological polar surface area (TPSA) is 66.0 Å². The average Bonchev–Trinajstić information content (AvgIpc) is 2.65. The Morgan fingerprint density at radius 3 is 2.63 bits per heavy atom. The molecule has 96 valence electrons. The SMILES string of the molecule is Cc1oc(NC(=O)Cc2ccccc2)c(C#N)c1C. The van der Waals surface area contributed by atoms with E-state index < -0.39 is 0 Å². The van der Waals surface area contributed by atoms with Crippen molar-refractivity contribution >= 4 is 11.8 Å². The maximum Gasteiger partial charge on any atom is 0.231 e. The summed E-state index contributed by atoms with van der Waals surface area (Å²) in [6, 6.07) is 11.5. The first-order chi connectivity index (χ1) is 9.11. The molecule has 0 aliphatic carbocycles. The lowest BCUT2D eigenvalue weighted by Crippen LogP contribution is -2.14. The Bertz CT molecular complexity index is 636. The third kappa shape index (κ3) is 2.83. The molecule has 19 heavy (non-hydrogen) atoms. The summed E-state index contributed by atoms with van der Waals surface area (Å²) in [4.78, 5) is 11.9. The zero-order valence-corrected chi connectivity index (χ0v) is 10.9. The van der Waals surface area contributed by atoms with E-state index in [1.165, 1.54) is 0 Å². The second-order valence-electron chi connectivity index (χ2n) is 4.31. The molecule has 4 nitrogen and oxygen atoms in total. The molecular formula is C15H14N2O2. The van der Waals surface area contributed by atoms with Crippen molar-refractivity contribution in [2.45, 2.75) is 20.3 Å². The number of nitriles is 1. The molecule has 2 rings (SSSR count). The fourth-order valence-electron chi connectivity index (χ4n) is 1.80. The summed E-state index contributed by atoms with van der Waals surface area (Å²) in [7, 11) is 0. The van der Waals surface area contributed by atoms with E-state index >= 15 is 0 Å². The van der Waals surface area contributed by atoms with Gasteiger partial charge in [0.05, 0.1) is 6.42 Å². The summed E-state index contributed by atoms with van der Waals surface area (Å²) < 4.78 is 5.39. The molecule has 0 unspecified atom stereocenters. The molecule has 4 heteroatoms. The standard InChI is InChI=1S/C15H14N2O2/c1-10-11(2)19-15(13(10)9-16)17-14(18)8-12-6-4-3-5-7-12/h3-7H,8H2,1-2H3,(H,17,18). The van der Waals surface area contributed by atoms with Crippen LogP contribution in [-0.4, -0.2) is 5.91 Å². The highest BCUT2D eigenvalue weighted by atomic mass is 16.4. The third-order valence-electron chi connectivity index (χ3n) is 2.96. The minimum absolute atomic E-state index is 0.198. The van der Waals surface area contributed by atoms with Gasteiger partial charge < -0.3 is 4.42 Å².